The van der Waals surface area contributed by atoms with E-state index in [0.717, 1.165) is 50.8 Å². The molecule has 6 heteroatoms. The number of halogens is 1. The number of nitrogens with one attached hydrogen (secondary N) is 2. The van der Waals surface area contributed by atoms with Gasteiger partial charge in [-0.25, -0.2) is 4.39 Å². The molecule has 0 radical (unpaired) electrons. The van der Waals surface area contributed by atoms with Gasteiger partial charge in [0.1, 0.15) is 5.82 Å². The van der Waals surface area contributed by atoms with Gasteiger partial charge in [0.2, 0.25) is 5.91 Å². The third-order valence-corrected chi connectivity index (χ3v) is 4.28. The van der Waals surface area contributed by atoms with E-state index >= 15 is 0 Å². The summed E-state index contributed by atoms with van der Waals surface area (Å²) in [6.45, 7) is 5.44. The van der Waals surface area contributed by atoms with Crippen LogP contribution in [0.2, 0.25) is 0 Å². The number of morpholine rings is 1. The highest BCUT2D eigenvalue weighted by molar-refractivity contribution is 5.92. The third kappa shape index (κ3) is 5.82. The zero-order chi connectivity index (χ0) is 18.2. The molecule has 0 spiro atoms. The van der Waals surface area contributed by atoms with Gasteiger partial charge in [0, 0.05) is 37.6 Å². The Morgan fingerprint density at radius 1 is 1.08 bits per heavy atom. The maximum atomic E-state index is 13.2. The van der Waals surface area contributed by atoms with E-state index in [0.29, 0.717) is 5.56 Å². The number of rotatable bonds is 7. The standard InChI is InChI=1S/C20H24FN3O2/c21-17-3-1-2-16(14-17)15-20(25)23-19-6-4-18(5-7-19)22-8-9-24-10-12-26-13-11-24/h1-7,14,22H,8-13,15H2,(H,23,25). The van der Waals surface area contributed by atoms with Crippen molar-refractivity contribution in [2.45, 2.75) is 6.42 Å². The molecule has 1 aliphatic rings. The second kappa shape index (κ2) is 9.31. The van der Waals surface area contributed by atoms with Gasteiger partial charge in [-0.1, -0.05) is 12.1 Å². The molecule has 0 aliphatic carbocycles. The first-order valence-electron chi connectivity index (χ1n) is 8.87. The highest BCUT2D eigenvalue weighted by Crippen LogP contribution is 2.14. The fourth-order valence-corrected chi connectivity index (χ4v) is 2.89. The second-order valence-electron chi connectivity index (χ2n) is 6.31. The number of hydrogen-bond donors (Lipinski definition) is 2. The summed E-state index contributed by atoms with van der Waals surface area (Å²) >= 11 is 0. The smallest absolute Gasteiger partial charge is 0.228 e. The van der Waals surface area contributed by atoms with E-state index in [4.69, 9.17) is 4.74 Å². The molecule has 5 nitrogen and oxygen atoms in total. The van der Waals surface area contributed by atoms with Crippen LogP contribution in [0, 0.1) is 5.82 Å². The molecule has 1 amide bonds. The molecule has 2 aromatic carbocycles. The van der Waals surface area contributed by atoms with Crippen LogP contribution in [0.15, 0.2) is 48.5 Å². The van der Waals surface area contributed by atoms with Crippen LogP contribution >= 0.6 is 0 Å². The fourth-order valence-electron chi connectivity index (χ4n) is 2.89. The monoisotopic (exact) mass is 357 g/mol. The van der Waals surface area contributed by atoms with Crippen LogP contribution in [0.3, 0.4) is 0 Å². The number of anilines is 2. The highest BCUT2D eigenvalue weighted by atomic mass is 19.1. The van der Waals surface area contributed by atoms with Crippen molar-refractivity contribution in [2.24, 2.45) is 0 Å². The zero-order valence-corrected chi connectivity index (χ0v) is 14.7. The quantitative estimate of drug-likeness (QED) is 0.800. The number of hydrogen-bond acceptors (Lipinski definition) is 4. The first-order valence-corrected chi connectivity index (χ1v) is 8.87. The predicted molar refractivity (Wildman–Crippen MR) is 101 cm³/mol. The largest absolute Gasteiger partial charge is 0.384 e. The molecule has 0 bridgehead atoms. The summed E-state index contributed by atoms with van der Waals surface area (Å²) < 4.78 is 18.5. The molecule has 138 valence electrons. The number of amides is 1. The van der Waals surface area contributed by atoms with E-state index in [1.807, 2.05) is 24.3 Å². The Labute approximate surface area is 153 Å². The summed E-state index contributed by atoms with van der Waals surface area (Å²) in [6, 6.07) is 13.7. The first kappa shape index (κ1) is 18.4. The van der Waals surface area contributed by atoms with Crippen molar-refractivity contribution in [3.05, 3.63) is 59.9 Å². The van der Waals surface area contributed by atoms with Crippen LogP contribution < -0.4 is 10.6 Å². The maximum Gasteiger partial charge on any atom is 0.228 e. The van der Waals surface area contributed by atoms with E-state index in [2.05, 4.69) is 15.5 Å². The van der Waals surface area contributed by atoms with Gasteiger partial charge in [-0.05, 0) is 42.0 Å². The van der Waals surface area contributed by atoms with Crippen LogP contribution in [0.4, 0.5) is 15.8 Å². The van der Waals surface area contributed by atoms with Gasteiger partial charge in [-0.2, -0.15) is 0 Å². The van der Waals surface area contributed by atoms with Gasteiger partial charge in [0.25, 0.3) is 0 Å². The van der Waals surface area contributed by atoms with Crippen molar-refractivity contribution >= 4 is 17.3 Å². The van der Waals surface area contributed by atoms with Crippen molar-refractivity contribution in [3.8, 4) is 0 Å². The Bertz CT molecular complexity index is 715. The second-order valence-corrected chi connectivity index (χ2v) is 6.31. The first-order chi connectivity index (χ1) is 12.7. The Morgan fingerprint density at radius 3 is 2.54 bits per heavy atom. The Kier molecular flexibility index (Phi) is 6.57. The average molecular weight is 357 g/mol. The highest BCUT2D eigenvalue weighted by Gasteiger charge is 2.09. The van der Waals surface area contributed by atoms with E-state index in [9.17, 15) is 9.18 Å². The molecule has 2 N–H and O–H groups in total. The number of ether oxygens (including phenoxy) is 1. The Balaban J connectivity index is 1.42. The number of carbonyl (C=O) groups is 1. The molecular formula is C20H24FN3O2. The van der Waals surface area contributed by atoms with Gasteiger partial charge < -0.3 is 15.4 Å². The molecule has 0 aromatic heterocycles. The number of carbonyl (C=O) groups excluding carboxylic acids is 1. The van der Waals surface area contributed by atoms with Gasteiger partial charge >= 0.3 is 0 Å². The topological polar surface area (TPSA) is 53.6 Å². The van der Waals surface area contributed by atoms with Crippen LogP contribution in [0.1, 0.15) is 5.56 Å². The lowest BCUT2D eigenvalue weighted by Gasteiger charge is -2.26. The van der Waals surface area contributed by atoms with Crippen molar-refractivity contribution in [2.75, 3.05) is 50.0 Å². The van der Waals surface area contributed by atoms with Crippen LogP contribution in [-0.4, -0.2) is 50.2 Å². The zero-order valence-electron chi connectivity index (χ0n) is 14.7. The molecular weight excluding hydrogens is 333 g/mol. The van der Waals surface area contributed by atoms with Crippen LogP contribution in [-0.2, 0) is 16.0 Å². The number of nitrogens with zero attached hydrogens (tertiary/aromatic N) is 1. The fraction of sp³-hybridized carbons (Fsp3) is 0.350. The SMILES string of the molecule is O=C(Cc1cccc(F)c1)Nc1ccc(NCCN2CCOCC2)cc1. The lowest BCUT2D eigenvalue weighted by atomic mass is 10.1. The minimum Gasteiger partial charge on any atom is -0.384 e. The van der Waals surface area contributed by atoms with E-state index < -0.39 is 0 Å². The minimum absolute atomic E-state index is 0.150. The molecule has 1 saturated heterocycles. The minimum atomic E-state index is -0.331. The van der Waals surface area contributed by atoms with E-state index in [-0.39, 0.29) is 18.1 Å². The maximum absolute atomic E-state index is 13.2. The van der Waals surface area contributed by atoms with Crippen LogP contribution in [0.25, 0.3) is 0 Å². The summed E-state index contributed by atoms with van der Waals surface area (Å²) in [5.41, 5.74) is 2.40. The van der Waals surface area contributed by atoms with E-state index in [1.165, 1.54) is 12.1 Å². The summed E-state index contributed by atoms with van der Waals surface area (Å²) in [7, 11) is 0. The average Bonchev–Trinajstić information content (AvgIpc) is 2.64. The van der Waals surface area contributed by atoms with Crippen molar-refractivity contribution in [1.29, 1.82) is 0 Å². The Hall–Kier alpha value is -2.44. The van der Waals surface area contributed by atoms with Gasteiger partial charge in [0.15, 0.2) is 0 Å². The Morgan fingerprint density at radius 2 is 1.81 bits per heavy atom. The molecule has 3 rings (SSSR count). The lowest BCUT2D eigenvalue weighted by molar-refractivity contribution is -0.115. The van der Waals surface area contributed by atoms with Gasteiger partial charge in [-0.3, -0.25) is 9.69 Å². The molecule has 0 saturated carbocycles. The summed E-state index contributed by atoms with van der Waals surface area (Å²) in [4.78, 5) is 14.4. The summed E-state index contributed by atoms with van der Waals surface area (Å²) in [5, 5.41) is 6.22. The molecule has 26 heavy (non-hydrogen) atoms. The van der Waals surface area contributed by atoms with Crippen LogP contribution in [0.5, 0.6) is 0 Å². The van der Waals surface area contributed by atoms with Gasteiger partial charge in [-0.15, -0.1) is 0 Å². The molecule has 1 heterocycles. The molecule has 1 aliphatic heterocycles. The van der Waals surface area contributed by atoms with Gasteiger partial charge in [0.05, 0.1) is 19.6 Å². The molecule has 1 fully saturated rings. The van der Waals surface area contributed by atoms with E-state index in [1.54, 1.807) is 12.1 Å². The van der Waals surface area contributed by atoms with Crippen molar-refractivity contribution in [3.63, 3.8) is 0 Å². The third-order valence-electron chi connectivity index (χ3n) is 4.28. The predicted octanol–water partition coefficient (Wildman–Crippen LogP) is 2.75. The van der Waals surface area contributed by atoms with Crippen molar-refractivity contribution < 1.29 is 13.9 Å². The summed E-state index contributed by atoms with van der Waals surface area (Å²) in [6.07, 6.45) is 0.150. The molecule has 0 unspecified atom stereocenters. The lowest BCUT2D eigenvalue weighted by Crippen LogP contribution is -2.38. The van der Waals surface area contributed by atoms with Crippen molar-refractivity contribution in [1.82, 2.24) is 4.90 Å². The molecule has 2 aromatic rings. The number of benzene rings is 2. The molecule has 0 atom stereocenters. The summed E-state index contributed by atoms with van der Waals surface area (Å²) in [5.74, 6) is -0.494. The normalized spacial score (nSPS) is 14.8.